The van der Waals surface area contributed by atoms with E-state index in [2.05, 4.69) is 0 Å². The molecular weight excluding hydrogens is 224 g/mol. The second-order valence-corrected chi connectivity index (χ2v) is 7.64. The van der Waals surface area contributed by atoms with E-state index in [1.807, 2.05) is 13.8 Å². The molecule has 0 amide bonds. The minimum absolute atomic E-state index is 0.0682. The number of Topliss-reactive ketones (excluding diaryl/α,β-unsaturated/α-hetero) is 1. The number of hydrogen-bond donors (Lipinski definition) is 0. The van der Waals surface area contributed by atoms with Gasteiger partial charge in [-0.15, -0.1) is 0 Å². The van der Waals surface area contributed by atoms with Gasteiger partial charge in [0.15, 0.2) is 0 Å². The van der Waals surface area contributed by atoms with E-state index < -0.39 is 9.84 Å². The average Bonchev–Trinajstić information content (AvgIpc) is 2.16. The van der Waals surface area contributed by atoms with Crippen molar-refractivity contribution in [1.82, 2.24) is 0 Å². The first-order valence-electron chi connectivity index (χ1n) is 6.02. The summed E-state index contributed by atoms with van der Waals surface area (Å²) < 4.78 is 22.9. The van der Waals surface area contributed by atoms with Gasteiger partial charge in [-0.3, -0.25) is 4.79 Å². The van der Waals surface area contributed by atoms with E-state index >= 15 is 0 Å². The molecule has 1 fully saturated rings. The van der Waals surface area contributed by atoms with E-state index in [0.717, 1.165) is 19.3 Å². The van der Waals surface area contributed by atoms with Crippen LogP contribution in [0.5, 0.6) is 0 Å². The highest BCUT2D eigenvalue weighted by atomic mass is 32.2. The van der Waals surface area contributed by atoms with Crippen molar-refractivity contribution < 1.29 is 13.2 Å². The fraction of sp³-hybridized carbons (Fsp3) is 0.917. The molecule has 0 heterocycles. The lowest BCUT2D eigenvalue weighted by molar-refractivity contribution is -0.123. The average molecular weight is 246 g/mol. The van der Waals surface area contributed by atoms with Gasteiger partial charge in [0.1, 0.15) is 15.6 Å². The standard InChI is InChI=1S/C12H22O3S/c1-9(2)12(13)8-10-5-4-6-11(7-10)16(3,14)15/h9-11H,4-8H2,1-3H3. The summed E-state index contributed by atoms with van der Waals surface area (Å²) in [5.74, 6) is 0.612. The van der Waals surface area contributed by atoms with Gasteiger partial charge in [-0.25, -0.2) is 8.42 Å². The van der Waals surface area contributed by atoms with Gasteiger partial charge in [-0.05, 0) is 25.2 Å². The Labute approximate surface area is 98.5 Å². The molecule has 0 N–H and O–H groups in total. The van der Waals surface area contributed by atoms with E-state index in [1.165, 1.54) is 6.26 Å². The highest BCUT2D eigenvalue weighted by Crippen LogP contribution is 2.31. The molecule has 0 saturated heterocycles. The number of carbonyl (C=O) groups is 1. The van der Waals surface area contributed by atoms with Gasteiger partial charge in [0.2, 0.25) is 0 Å². The lowest BCUT2D eigenvalue weighted by Crippen LogP contribution is -2.29. The van der Waals surface area contributed by atoms with Crippen LogP contribution in [0.25, 0.3) is 0 Å². The molecule has 1 saturated carbocycles. The molecule has 0 aromatic heterocycles. The van der Waals surface area contributed by atoms with Crippen molar-refractivity contribution in [3.8, 4) is 0 Å². The summed E-state index contributed by atoms with van der Waals surface area (Å²) in [5.41, 5.74) is 0. The van der Waals surface area contributed by atoms with Gasteiger partial charge in [0.25, 0.3) is 0 Å². The fourth-order valence-electron chi connectivity index (χ4n) is 2.34. The molecule has 0 radical (unpaired) electrons. The maximum Gasteiger partial charge on any atom is 0.150 e. The summed E-state index contributed by atoms with van der Waals surface area (Å²) >= 11 is 0. The second kappa shape index (κ2) is 5.30. The zero-order valence-corrected chi connectivity index (χ0v) is 11.2. The van der Waals surface area contributed by atoms with Crippen molar-refractivity contribution in [2.45, 2.75) is 51.2 Å². The van der Waals surface area contributed by atoms with Crippen LogP contribution in [0, 0.1) is 11.8 Å². The van der Waals surface area contributed by atoms with E-state index in [1.54, 1.807) is 0 Å². The molecule has 2 atom stereocenters. The molecule has 16 heavy (non-hydrogen) atoms. The van der Waals surface area contributed by atoms with Gasteiger partial charge in [-0.1, -0.05) is 20.3 Å². The number of carbonyl (C=O) groups excluding carboxylic acids is 1. The third kappa shape index (κ3) is 3.89. The summed E-state index contributed by atoms with van der Waals surface area (Å²) in [4.78, 5) is 11.6. The normalized spacial score (nSPS) is 27.0. The van der Waals surface area contributed by atoms with Crippen LogP contribution in [0.3, 0.4) is 0 Å². The highest BCUT2D eigenvalue weighted by Gasteiger charge is 2.30. The van der Waals surface area contributed by atoms with Crippen LogP contribution in [0.15, 0.2) is 0 Å². The van der Waals surface area contributed by atoms with Crippen molar-refractivity contribution in [3.63, 3.8) is 0 Å². The predicted molar refractivity (Wildman–Crippen MR) is 65.1 cm³/mol. The number of sulfone groups is 1. The van der Waals surface area contributed by atoms with Gasteiger partial charge in [0, 0.05) is 18.6 Å². The first-order chi connectivity index (χ1) is 7.30. The topological polar surface area (TPSA) is 51.2 Å². The molecule has 0 aromatic rings. The van der Waals surface area contributed by atoms with E-state index in [0.29, 0.717) is 12.8 Å². The largest absolute Gasteiger partial charge is 0.299 e. The third-order valence-electron chi connectivity index (χ3n) is 3.47. The molecule has 1 rings (SSSR count). The minimum atomic E-state index is -2.93. The van der Waals surface area contributed by atoms with Crippen molar-refractivity contribution in [2.75, 3.05) is 6.26 Å². The third-order valence-corrected chi connectivity index (χ3v) is 5.11. The highest BCUT2D eigenvalue weighted by molar-refractivity contribution is 7.91. The van der Waals surface area contributed by atoms with Crippen LogP contribution >= 0.6 is 0 Å². The zero-order valence-electron chi connectivity index (χ0n) is 10.4. The monoisotopic (exact) mass is 246 g/mol. The van der Waals surface area contributed by atoms with Gasteiger partial charge in [-0.2, -0.15) is 0 Å². The summed E-state index contributed by atoms with van der Waals surface area (Å²) in [6.07, 6.45) is 5.26. The summed E-state index contributed by atoms with van der Waals surface area (Å²) in [5, 5.41) is -0.216. The molecule has 0 aromatic carbocycles. The van der Waals surface area contributed by atoms with E-state index in [9.17, 15) is 13.2 Å². The molecule has 1 aliphatic rings. The van der Waals surface area contributed by atoms with Gasteiger partial charge >= 0.3 is 0 Å². The van der Waals surface area contributed by atoms with Crippen LogP contribution in [0.1, 0.15) is 46.0 Å². The van der Waals surface area contributed by atoms with E-state index in [4.69, 9.17) is 0 Å². The molecule has 1 aliphatic carbocycles. The molecule has 94 valence electrons. The maximum atomic E-state index is 11.6. The van der Waals surface area contributed by atoms with Crippen LogP contribution in [0.4, 0.5) is 0 Å². The Bertz CT molecular complexity index is 343. The van der Waals surface area contributed by atoms with Crippen LogP contribution < -0.4 is 0 Å². The fourth-order valence-corrected chi connectivity index (χ4v) is 3.55. The Morgan fingerprint density at radius 2 is 1.94 bits per heavy atom. The summed E-state index contributed by atoms with van der Waals surface area (Å²) in [7, 11) is -2.93. The summed E-state index contributed by atoms with van der Waals surface area (Å²) in [6, 6.07) is 0. The molecule has 0 spiro atoms. The molecule has 0 bridgehead atoms. The first-order valence-corrected chi connectivity index (χ1v) is 7.97. The van der Waals surface area contributed by atoms with Crippen LogP contribution in [-0.4, -0.2) is 25.7 Å². The Morgan fingerprint density at radius 1 is 1.31 bits per heavy atom. The van der Waals surface area contributed by atoms with Crippen molar-refractivity contribution in [3.05, 3.63) is 0 Å². The molecule has 3 nitrogen and oxygen atoms in total. The van der Waals surface area contributed by atoms with E-state index in [-0.39, 0.29) is 22.9 Å². The zero-order chi connectivity index (χ0) is 12.3. The Balaban J connectivity index is 2.55. The minimum Gasteiger partial charge on any atom is -0.299 e. The van der Waals surface area contributed by atoms with Gasteiger partial charge in [0.05, 0.1) is 5.25 Å². The second-order valence-electron chi connectivity index (χ2n) is 5.31. The quantitative estimate of drug-likeness (QED) is 0.764. The van der Waals surface area contributed by atoms with Crippen molar-refractivity contribution >= 4 is 15.6 Å². The Kier molecular flexibility index (Phi) is 4.53. The van der Waals surface area contributed by atoms with Gasteiger partial charge < -0.3 is 0 Å². The number of hydrogen-bond acceptors (Lipinski definition) is 3. The molecular formula is C12H22O3S. The van der Waals surface area contributed by atoms with Crippen molar-refractivity contribution in [2.24, 2.45) is 11.8 Å². The Hall–Kier alpha value is -0.380. The Morgan fingerprint density at radius 3 is 2.44 bits per heavy atom. The lowest BCUT2D eigenvalue weighted by Gasteiger charge is -2.27. The van der Waals surface area contributed by atoms with Crippen molar-refractivity contribution in [1.29, 1.82) is 0 Å². The SMILES string of the molecule is CC(C)C(=O)CC1CCCC(S(C)(=O)=O)C1. The van der Waals surface area contributed by atoms with Crippen LogP contribution in [-0.2, 0) is 14.6 Å². The number of rotatable bonds is 4. The lowest BCUT2D eigenvalue weighted by atomic mass is 9.84. The predicted octanol–water partition coefficient (Wildman–Crippen LogP) is 2.21. The maximum absolute atomic E-state index is 11.6. The first kappa shape index (κ1) is 13.7. The summed E-state index contributed by atoms with van der Waals surface area (Å²) in [6.45, 7) is 3.80. The van der Waals surface area contributed by atoms with Crippen LogP contribution in [0.2, 0.25) is 0 Å². The molecule has 0 aliphatic heterocycles. The number of ketones is 1. The smallest absolute Gasteiger partial charge is 0.150 e. The molecule has 2 unspecified atom stereocenters. The molecule has 4 heteroatoms.